The molecule has 0 aliphatic rings. The number of methoxy groups -OCH3 is 1. The maximum atomic E-state index is 12.1. The van der Waals surface area contributed by atoms with E-state index in [1.54, 1.807) is 11.8 Å². The first-order valence-electron chi connectivity index (χ1n) is 5.96. The molecule has 2 aromatic rings. The lowest BCUT2D eigenvalue weighted by atomic mass is 10.2. The number of halogens is 1. The Balaban J connectivity index is 2.13. The standard InChI is InChI=1S/C13H16ClN3O2/c1-17-11-6-4-3-5-10(11)12(16-17)13(18)15-7-9(14)8-19-2/h3-6,9H,7-8H2,1-2H3,(H,15,18). The van der Waals surface area contributed by atoms with Gasteiger partial charge in [0.25, 0.3) is 5.91 Å². The van der Waals surface area contributed by atoms with E-state index in [2.05, 4.69) is 10.4 Å². The fourth-order valence-electron chi connectivity index (χ4n) is 1.91. The van der Waals surface area contributed by atoms with E-state index in [0.29, 0.717) is 18.8 Å². The molecule has 1 aromatic carbocycles. The average Bonchev–Trinajstić information content (AvgIpc) is 2.75. The van der Waals surface area contributed by atoms with Gasteiger partial charge in [0, 0.05) is 26.1 Å². The van der Waals surface area contributed by atoms with E-state index in [-0.39, 0.29) is 11.3 Å². The van der Waals surface area contributed by atoms with E-state index in [9.17, 15) is 4.79 Å². The first-order valence-corrected chi connectivity index (χ1v) is 6.40. The smallest absolute Gasteiger partial charge is 0.272 e. The van der Waals surface area contributed by atoms with Crippen molar-refractivity contribution in [3.05, 3.63) is 30.0 Å². The van der Waals surface area contributed by atoms with Gasteiger partial charge in [-0.3, -0.25) is 9.48 Å². The maximum absolute atomic E-state index is 12.1. The Labute approximate surface area is 116 Å². The normalized spacial score (nSPS) is 12.6. The zero-order valence-electron chi connectivity index (χ0n) is 10.9. The highest BCUT2D eigenvalue weighted by atomic mass is 35.5. The molecule has 1 heterocycles. The third-order valence-electron chi connectivity index (χ3n) is 2.80. The summed E-state index contributed by atoms with van der Waals surface area (Å²) in [6.07, 6.45) is 0. The number of aromatic nitrogens is 2. The third-order valence-corrected chi connectivity index (χ3v) is 3.08. The molecule has 0 spiro atoms. The summed E-state index contributed by atoms with van der Waals surface area (Å²) in [7, 11) is 3.39. The molecule has 102 valence electrons. The number of para-hydroxylation sites is 1. The fourth-order valence-corrected chi connectivity index (χ4v) is 2.11. The second kappa shape index (κ2) is 6.04. The highest BCUT2D eigenvalue weighted by Crippen LogP contribution is 2.17. The number of rotatable bonds is 5. The Bertz CT molecular complexity index is 582. The summed E-state index contributed by atoms with van der Waals surface area (Å²) >= 11 is 5.97. The molecule has 0 radical (unpaired) electrons. The molecular formula is C13H16ClN3O2. The van der Waals surface area contributed by atoms with Crippen LogP contribution in [0.5, 0.6) is 0 Å². The lowest BCUT2D eigenvalue weighted by molar-refractivity contribution is 0.0945. The lowest BCUT2D eigenvalue weighted by Crippen LogP contribution is -2.32. The van der Waals surface area contributed by atoms with Crippen LogP contribution in [0.15, 0.2) is 24.3 Å². The number of amides is 1. The van der Waals surface area contributed by atoms with Gasteiger partial charge in [0.05, 0.1) is 17.5 Å². The Hall–Kier alpha value is -1.59. The Morgan fingerprint density at radius 1 is 1.53 bits per heavy atom. The van der Waals surface area contributed by atoms with Gasteiger partial charge < -0.3 is 10.1 Å². The molecule has 0 bridgehead atoms. The first kappa shape index (κ1) is 13.8. The minimum atomic E-state index is -0.246. The van der Waals surface area contributed by atoms with Crippen LogP contribution in [0.25, 0.3) is 10.9 Å². The van der Waals surface area contributed by atoms with Gasteiger partial charge in [-0.05, 0) is 6.07 Å². The van der Waals surface area contributed by atoms with Crippen molar-refractivity contribution in [3.63, 3.8) is 0 Å². The van der Waals surface area contributed by atoms with Gasteiger partial charge in [0.15, 0.2) is 5.69 Å². The van der Waals surface area contributed by atoms with Crippen LogP contribution in [-0.4, -0.2) is 41.3 Å². The second-order valence-electron chi connectivity index (χ2n) is 4.25. The largest absolute Gasteiger partial charge is 0.383 e. The van der Waals surface area contributed by atoms with E-state index in [1.807, 2.05) is 31.3 Å². The Morgan fingerprint density at radius 2 is 2.26 bits per heavy atom. The van der Waals surface area contributed by atoms with Crippen molar-refractivity contribution in [2.24, 2.45) is 7.05 Å². The lowest BCUT2D eigenvalue weighted by Gasteiger charge is -2.08. The van der Waals surface area contributed by atoms with Crippen LogP contribution >= 0.6 is 11.6 Å². The minimum absolute atomic E-state index is 0.224. The van der Waals surface area contributed by atoms with Gasteiger partial charge in [-0.2, -0.15) is 5.10 Å². The van der Waals surface area contributed by atoms with Crippen LogP contribution < -0.4 is 5.32 Å². The number of hydrogen-bond acceptors (Lipinski definition) is 3. The summed E-state index contributed by atoms with van der Waals surface area (Å²) in [5.74, 6) is -0.224. The van der Waals surface area contributed by atoms with Crippen LogP contribution in [-0.2, 0) is 11.8 Å². The number of alkyl halides is 1. The molecule has 0 saturated carbocycles. The van der Waals surface area contributed by atoms with Crippen LogP contribution in [0.3, 0.4) is 0 Å². The van der Waals surface area contributed by atoms with Crippen LogP contribution in [0.1, 0.15) is 10.5 Å². The van der Waals surface area contributed by atoms with Gasteiger partial charge in [-0.25, -0.2) is 0 Å². The predicted molar refractivity (Wildman–Crippen MR) is 74.6 cm³/mol. The van der Waals surface area contributed by atoms with E-state index in [1.165, 1.54) is 0 Å². The Kier molecular flexibility index (Phi) is 4.39. The van der Waals surface area contributed by atoms with Gasteiger partial charge in [0.2, 0.25) is 0 Å². The summed E-state index contributed by atoms with van der Waals surface area (Å²) in [6, 6.07) is 7.61. The van der Waals surface area contributed by atoms with Crippen molar-refractivity contribution >= 4 is 28.4 Å². The topological polar surface area (TPSA) is 56.1 Å². The van der Waals surface area contributed by atoms with E-state index in [0.717, 1.165) is 10.9 Å². The number of nitrogens with one attached hydrogen (secondary N) is 1. The number of ether oxygens (including phenoxy) is 1. The zero-order valence-corrected chi connectivity index (χ0v) is 11.6. The summed E-state index contributed by atoms with van der Waals surface area (Å²) in [6.45, 7) is 0.740. The van der Waals surface area contributed by atoms with Gasteiger partial charge in [0.1, 0.15) is 0 Å². The molecule has 0 saturated heterocycles. The number of hydrogen-bond donors (Lipinski definition) is 1. The van der Waals surface area contributed by atoms with Gasteiger partial charge >= 0.3 is 0 Å². The quantitative estimate of drug-likeness (QED) is 0.846. The summed E-state index contributed by atoms with van der Waals surface area (Å²) in [4.78, 5) is 12.1. The van der Waals surface area contributed by atoms with Crippen molar-refractivity contribution < 1.29 is 9.53 Å². The number of fused-ring (bicyclic) bond motifs is 1. The molecular weight excluding hydrogens is 266 g/mol. The van der Waals surface area contributed by atoms with Crippen molar-refractivity contribution in [1.82, 2.24) is 15.1 Å². The van der Waals surface area contributed by atoms with Crippen molar-refractivity contribution in [3.8, 4) is 0 Å². The molecule has 5 nitrogen and oxygen atoms in total. The molecule has 0 aliphatic carbocycles. The summed E-state index contributed by atoms with van der Waals surface area (Å²) in [5.41, 5.74) is 1.34. The average molecular weight is 282 g/mol. The molecule has 1 atom stereocenters. The zero-order chi connectivity index (χ0) is 13.8. The Morgan fingerprint density at radius 3 is 3.00 bits per heavy atom. The molecule has 1 N–H and O–H groups in total. The molecule has 0 aliphatic heterocycles. The summed E-state index contributed by atoms with van der Waals surface area (Å²) in [5, 5.41) is 7.59. The summed E-state index contributed by atoms with van der Waals surface area (Å²) < 4.78 is 6.61. The van der Waals surface area contributed by atoms with Crippen LogP contribution in [0.2, 0.25) is 0 Å². The number of benzene rings is 1. The van der Waals surface area contributed by atoms with E-state index >= 15 is 0 Å². The number of nitrogens with zero attached hydrogens (tertiary/aromatic N) is 2. The van der Waals surface area contributed by atoms with Crippen molar-refractivity contribution in [2.75, 3.05) is 20.3 Å². The molecule has 0 fully saturated rings. The van der Waals surface area contributed by atoms with Crippen LogP contribution in [0.4, 0.5) is 0 Å². The SMILES string of the molecule is COCC(Cl)CNC(=O)c1nn(C)c2ccccc12. The van der Waals surface area contributed by atoms with E-state index < -0.39 is 0 Å². The minimum Gasteiger partial charge on any atom is -0.383 e. The number of carbonyl (C=O) groups excluding carboxylic acids is 1. The number of aryl methyl sites for hydroxylation is 1. The molecule has 1 unspecified atom stereocenters. The van der Waals surface area contributed by atoms with Gasteiger partial charge in [-0.15, -0.1) is 11.6 Å². The molecule has 6 heteroatoms. The van der Waals surface area contributed by atoms with Gasteiger partial charge in [-0.1, -0.05) is 18.2 Å². The number of carbonyl (C=O) groups is 1. The van der Waals surface area contributed by atoms with Crippen molar-refractivity contribution in [2.45, 2.75) is 5.38 Å². The van der Waals surface area contributed by atoms with Crippen LogP contribution in [0, 0.1) is 0 Å². The predicted octanol–water partition coefficient (Wildman–Crippen LogP) is 1.56. The van der Waals surface area contributed by atoms with Crippen molar-refractivity contribution in [1.29, 1.82) is 0 Å². The highest BCUT2D eigenvalue weighted by molar-refractivity contribution is 6.21. The highest BCUT2D eigenvalue weighted by Gasteiger charge is 2.16. The fraction of sp³-hybridized carbons (Fsp3) is 0.385. The molecule has 1 amide bonds. The van der Waals surface area contributed by atoms with E-state index in [4.69, 9.17) is 16.3 Å². The second-order valence-corrected chi connectivity index (χ2v) is 4.87. The molecule has 2 rings (SSSR count). The maximum Gasteiger partial charge on any atom is 0.272 e. The molecule has 19 heavy (non-hydrogen) atoms. The monoisotopic (exact) mass is 281 g/mol. The molecule has 1 aromatic heterocycles. The first-order chi connectivity index (χ1) is 9.13. The third kappa shape index (κ3) is 3.05.